The third-order valence-corrected chi connectivity index (χ3v) is 5.70. The normalized spacial score (nSPS) is 21.0. The van der Waals surface area contributed by atoms with E-state index < -0.39 is 6.17 Å². The maximum absolute atomic E-state index is 13.2. The highest BCUT2D eigenvalue weighted by Crippen LogP contribution is 2.37. The van der Waals surface area contributed by atoms with Gasteiger partial charge in [-0.2, -0.15) is 4.98 Å². The number of nitrogens with two attached hydrogens (primary N) is 1. The van der Waals surface area contributed by atoms with Crippen LogP contribution in [-0.4, -0.2) is 33.4 Å². The Hall–Kier alpha value is -3.29. The van der Waals surface area contributed by atoms with Gasteiger partial charge < -0.3 is 24.8 Å². The highest BCUT2D eigenvalue weighted by Gasteiger charge is 2.29. The van der Waals surface area contributed by atoms with E-state index in [4.69, 9.17) is 19.9 Å². The number of hydrogen-bond acceptors (Lipinski definition) is 6. The molecule has 1 aliphatic carbocycles. The van der Waals surface area contributed by atoms with Crippen LogP contribution in [0.5, 0.6) is 5.75 Å². The van der Waals surface area contributed by atoms with E-state index in [0.29, 0.717) is 30.5 Å². The molecule has 4 aromatic rings. The number of fused-ring (bicyclic) bond motifs is 1. The summed E-state index contributed by atoms with van der Waals surface area (Å²) < 4.78 is 26.8. The zero-order valence-corrected chi connectivity index (χ0v) is 15.7. The first kappa shape index (κ1) is 16.6. The molecule has 0 saturated heterocycles. The third kappa shape index (κ3) is 2.70. The van der Waals surface area contributed by atoms with E-state index in [1.807, 2.05) is 30.3 Å². The molecule has 1 fully saturated rings. The van der Waals surface area contributed by atoms with Gasteiger partial charge in [-0.05, 0) is 43.5 Å². The molecular formula is C21H20FN5O2. The first-order valence-electron chi connectivity index (χ1n) is 9.88. The maximum Gasteiger partial charge on any atom is 0.292 e. The van der Waals surface area contributed by atoms with Crippen molar-refractivity contribution in [3.8, 4) is 17.1 Å². The lowest BCUT2D eigenvalue weighted by Crippen LogP contribution is -2.36. The monoisotopic (exact) mass is 393 g/mol. The zero-order valence-electron chi connectivity index (χ0n) is 15.7. The van der Waals surface area contributed by atoms with Gasteiger partial charge >= 0.3 is 0 Å². The standard InChI is InChI=1S/C21H20FN5O2/c22-12-7-13(8-12)24-14-9-16-19-18(10-14)28-5-1-4-27(19)20(25-16)11-2-3-17-15(6-11)26-21(23)29-17/h2-3,6,9-10,12-13,24H,1,4-5,7-8H2,(H2,23,26). The van der Waals surface area contributed by atoms with Crippen LogP contribution in [-0.2, 0) is 6.54 Å². The third-order valence-electron chi connectivity index (χ3n) is 5.70. The summed E-state index contributed by atoms with van der Waals surface area (Å²) in [6.45, 7) is 1.46. The first-order valence-corrected chi connectivity index (χ1v) is 9.88. The molecule has 0 amide bonds. The van der Waals surface area contributed by atoms with Crippen LogP contribution >= 0.6 is 0 Å². The molecule has 8 heteroatoms. The van der Waals surface area contributed by atoms with E-state index in [9.17, 15) is 4.39 Å². The minimum Gasteiger partial charge on any atom is -0.491 e. The van der Waals surface area contributed by atoms with Crippen LogP contribution in [0.3, 0.4) is 0 Å². The number of nitrogens with zero attached hydrogens (tertiary/aromatic N) is 3. The summed E-state index contributed by atoms with van der Waals surface area (Å²) in [4.78, 5) is 9.15. The Kier molecular flexibility index (Phi) is 3.50. The molecule has 0 bridgehead atoms. The smallest absolute Gasteiger partial charge is 0.292 e. The Balaban J connectivity index is 1.48. The molecule has 0 unspecified atom stereocenters. The number of imidazole rings is 1. The molecule has 3 N–H and O–H groups in total. The summed E-state index contributed by atoms with van der Waals surface area (Å²) in [5, 5.41) is 3.41. The summed E-state index contributed by atoms with van der Waals surface area (Å²) in [7, 11) is 0. The van der Waals surface area contributed by atoms with Crippen LogP contribution in [0.2, 0.25) is 0 Å². The van der Waals surface area contributed by atoms with Crippen molar-refractivity contribution in [1.29, 1.82) is 0 Å². The molecular weight excluding hydrogens is 373 g/mol. The van der Waals surface area contributed by atoms with E-state index in [1.165, 1.54) is 0 Å². The topological polar surface area (TPSA) is 91.1 Å². The van der Waals surface area contributed by atoms with E-state index in [2.05, 4.69) is 14.9 Å². The van der Waals surface area contributed by atoms with Gasteiger partial charge in [-0.15, -0.1) is 0 Å². The van der Waals surface area contributed by atoms with Crippen LogP contribution in [0.4, 0.5) is 16.1 Å². The number of ether oxygens (including phenoxy) is 1. The van der Waals surface area contributed by atoms with Crippen LogP contribution in [0.15, 0.2) is 34.7 Å². The summed E-state index contributed by atoms with van der Waals surface area (Å²) >= 11 is 0. The predicted octanol–water partition coefficient (Wildman–Crippen LogP) is 4.12. The van der Waals surface area contributed by atoms with Crippen LogP contribution < -0.4 is 15.8 Å². The molecule has 3 heterocycles. The van der Waals surface area contributed by atoms with Crippen molar-refractivity contribution in [3.05, 3.63) is 30.3 Å². The second-order valence-corrected chi connectivity index (χ2v) is 7.78. The molecule has 0 spiro atoms. The summed E-state index contributed by atoms with van der Waals surface area (Å²) in [5.41, 5.74) is 10.8. The average Bonchev–Trinajstić information content (AvgIpc) is 3.14. The fourth-order valence-corrected chi connectivity index (χ4v) is 4.25. The number of nitrogens with one attached hydrogen (secondary N) is 1. The lowest BCUT2D eigenvalue weighted by Gasteiger charge is -2.31. The van der Waals surface area contributed by atoms with Crippen LogP contribution in [0.1, 0.15) is 19.3 Å². The molecule has 0 radical (unpaired) electrons. The van der Waals surface area contributed by atoms with Gasteiger partial charge in [-0.25, -0.2) is 9.37 Å². The Morgan fingerprint density at radius 3 is 2.90 bits per heavy atom. The molecule has 0 atom stereocenters. The molecule has 1 aliphatic heterocycles. The fraction of sp³-hybridized carbons (Fsp3) is 0.333. The van der Waals surface area contributed by atoms with Gasteiger partial charge in [0.25, 0.3) is 6.01 Å². The number of nitrogen functional groups attached to an aromatic ring is 1. The number of alkyl halides is 1. The fourth-order valence-electron chi connectivity index (χ4n) is 4.25. The Labute approximate surface area is 165 Å². The molecule has 29 heavy (non-hydrogen) atoms. The van der Waals surface area contributed by atoms with E-state index in [-0.39, 0.29) is 12.1 Å². The second-order valence-electron chi connectivity index (χ2n) is 7.78. The van der Waals surface area contributed by atoms with E-state index in [0.717, 1.165) is 46.8 Å². The molecule has 6 rings (SSSR count). The lowest BCUT2D eigenvalue weighted by atomic mass is 9.90. The molecule has 2 aliphatic rings. The lowest BCUT2D eigenvalue weighted by molar-refractivity contribution is 0.192. The number of rotatable bonds is 3. The van der Waals surface area contributed by atoms with Crippen LogP contribution in [0.25, 0.3) is 33.5 Å². The molecule has 2 aromatic carbocycles. The number of aromatic nitrogens is 3. The first-order chi connectivity index (χ1) is 14.1. The molecule has 2 aromatic heterocycles. The van der Waals surface area contributed by atoms with Gasteiger partial charge in [0.2, 0.25) is 0 Å². The van der Waals surface area contributed by atoms with E-state index in [1.54, 1.807) is 0 Å². The second kappa shape index (κ2) is 6.10. The molecule has 148 valence electrons. The summed E-state index contributed by atoms with van der Waals surface area (Å²) in [5.74, 6) is 1.67. The average molecular weight is 393 g/mol. The number of anilines is 2. The van der Waals surface area contributed by atoms with Gasteiger partial charge in [-0.1, -0.05) is 0 Å². The summed E-state index contributed by atoms with van der Waals surface area (Å²) in [6, 6.07) is 10.1. The molecule has 1 saturated carbocycles. The maximum atomic E-state index is 13.2. The number of hydrogen-bond donors (Lipinski definition) is 2. The van der Waals surface area contributed by atoms with Gasteiger partial charge in [0.1, 0.15) is 28.8 Å². The van der Waals surface area contributed by atoms with Gasteiger partial charge in [0, 0.05) is 29.9 Å². The van der Waals surface area contributed by atoms with Gasteiger partial charge in [0.05, 0.1) is 12.1 Å². The summed E-state index contributed by atoms with van der Waals surface area (Å²) in [6.07, 6.45) is 1.30. The highest BCUT2D eigenvalue weighted by molar-refractivity contribution is 5.90. The van der Waals surface area contributed by atoms with Crippen LogP contribution in [0, 0.1) is 0 Å². The van der Waals surface area contributed by atoms with Crippen molar-refractivity contribution in [3.63, 3.8) is 0 Å². The number of oxazole rings is 1. The Morgan fingerprint density at radius 1 is 1.14 bits per heavy atom. The number of benzene rings is 2. The minimum atomic E-state index is -0.694. The largest absolute Gasteiger partial charge is 0.491 e. The van der Waals surface area contributed by atoms with Gasteiger partial charge in [0.15, 0.2) is 5.58 Å². The Bertz CT molecular complexity index is 1240. The Morgan fingerprint density at radius 2 is 2.03 bits per heavy atom. The van der Waals surface area contributed by atoms with Crippen molar-refractivity contribution >= 4 is 33.8 Å². The zero-order chi connectivity index (χ0) is 19.5. The minimum absolute atomic E-state index is 0.154. The van der Waals surface area contributed by atoms with E-state index >= 15 is 0 Å². The number of halogens is 1. The predicted molar refractivity (Wildman–Crippen MR) is 109 cm³/mol. The quantitative estimate of drug-likeness (QED) is 0.544. The molecule has 7 nitrogen and oxygen atoms in total. The van der Waals surface area contributed by atoms with Gasteiger partial charge in [-0.3, -0.25) is 0 Å². The van der Waals surface area contributed by atoms with Crippen molar-refractivity contribution in [2.75, 3.05) is 17.7 Å². The SMILES string of the molecule is Nc1nc2cc(-c3nc4cc(NC5CC(F)C5)cc5c4n3CCCO5)ccc2o1. The van der Waals surface area contributed by atoms with Crippen molar-refractivity contribution < 1.29 is 13.5 Å². The highest BCUT2D eigenvalue weighted by atomic mass is 19.1. The van der Waals surface area contributed by atoms with Crippen molar-refractivity contribution in [1.82, 2.24) is 14.5 Å². The van der Waals surface area contributed by atoms with Crippen molar-refractivity contribution in [2.24, 2.45) is 0 Å². The van der Waals surface area contributed by atoms with Crippen molar-refractivity contribution in [2.45, 2.75) is 38.0 Å². The number of aryl methyl sites for hydroxylation is 1.